The van der Waals surface area contributed by atoms with E-state index >= 15 is 0 Å². The molecule has 0 aliphatic heterocycles. The lowest BCUT2D eigenvalue weighted by Gasteiger charge is -2.10. The van der Waals surface area contributed by atoms with Crippen LogP contribution in [-0.4, -0.2) is 0 Å². The molecule has 1 nitrogen and oxygen atoms in total. The highest BCUT2D eigenvalue weighted by atomic mass is 35.5. The van der Waals surface area contributed by atoms with Crippen molar-refractivity contribution in [1.82, 2.24) is 0 Å². The van der Waals surface area contributed by atoms with E-state index in [9.17, 15) is 22.0 Å². The summed E-state index contributed by atoms with van der Waals surface area (Å²) in [6.07, 6.45) is 0. The molecular weight excluding hydrogens is 338 g/mol. The summed E-state index contributed by atoms with van der Waals surface area (Å²) in [5, 5.41) is 0.379. The summed E-state index contributed by atoms with van der Waals surface area (Å²) < 4.78 is 70.6. The van der Waals surface area contributed by atoms with Gasteiger partial charge in [-0.1, -0.05) is 23.2 Å². The fraction of sp³-hybridized carbons (Fsp3) is 0.0769. The van der Waals surface area contributed by atoms with Crippen LogP contribution in [0.4, 0.5) is 22.0 Å². The SMILES string of the molecule is Fc1c(F)c(F)c(COc2cc(Cl)cc(Cl)c2)c(F)c1F. The average Bonchev–Trinajstić information content (AvgIpc) is 2.42. The highest BCUT2D eigenvalue weighted by Gasteiger charge is 2.25. The fourth-order valence-corrected chi connectivity index (χ4v) is 2.05. The quantitative estimate of drug-likeness (QED) is 0.419. The molecule has 0 N–H and O–H groups in total. The molecule has 0 spiro atoms. The highest BCUT2D eigenvalue weighted by molar-refractivity contribution is 6.34. The summed E-state index contributed by atoms with van der Waals surface area (Å²) in [5.74, 6) is -10.1. The van der Waals surface area contributed by atoms with Gasteiger partial charge in [-0.25, -0.2) is 22.0 Å². The van der Waals surface area contributed by atoms with E-state index in [-0.39, 0.29) is 15.8 Å². The molecule has 0 amide bonds. The van der Waals surface area contributed by atoms with Crippen LogP contribution in [0.3, 0.4) is 0 Å². The zero-order valence-corrected chi connectivity index (χ0v) is 11.5. The zero-order valence-electron chi connectivity index (χ0n) is 9.99. The maximum absolute atomic E-state index is 13.4. The first-order chi connectivity index (χ1) is 9.81. The highest BCUT2D eigenvalue weighted by Crippen LogP contribution is 2.27. The Morgan fingerprint density at radius 2 is 1.14 bits per heavy atom. The molecule has 2 aromatic rings. The van der Waals surface area contributed by atoms with Crippen molar-refractivity contribution in [3.63, 3.8) is 0 Å². The van der Waals surface area contributed by atoms with Crippen molar-refractivity contribution in [2.45, 2.75) is 6.61 Å². The molecule has 2 rings (SSSR count). The van der Waals surface area contributed by atoms with E-state index in [2.05, 4.69) is 0 Å². The van der Waals surface area contributed by atoms with Gasteiger partial charge in [-0.3, -0.25) is 0 Å². The lowest BCUT2D eigenvalue weighted by molar-refractivity contribution is 0.279. The van der Waals surface area contributed by atoms with Crippen LogP contribution in [0.5, 0.6) is 5.75 Å². The summed E-state index contributed by atoms with van der Waals surface area (Å²) in [7, 11) is 0. The van der Waals surface area contributed by atoms with Gasteiger partial charge in [0, 0.05) is 10.0 Å². The summed E-state index contributed by atoms with van der Waals surface area (Å²) >= 11 is 11.4. The van der Waals surface area contributed by atoms with Crippen molar-refractivity contribution in [1.29, 1.82) is 0 Å². The molecule has 0 radical (unpaired) electrons. The van der Waals surface area contributed by atoms with E-state index in [1.165, 1.54) is 18.2 Å². The standard InChI is InChI=1S/C13H5Cl2F5O/c14-5-1-6(15)3-7(2-5)21-4-8-9(16)11(18)13(20)12(19)10(8)17/h1-3H,4H2. The van der Waals surface area contributed by atoms with Gasteiger partial charge in [-0.2, -0.15) is 0 Å². The van der Waals surface area contributed by atoms with Crippen LogP contribution >= 0.6 is 23.2 Å². The Morgan fingerprint density at radius 3 is 1.62 bits per heavy atom. The van der Waals surface area contributed by atoms with Crippen molar-refractivity contribution < 1.29 is 26.7 Å². The van der Waals surface area contributed by atoms with Gasteiger partial charge in [0.2, 0.25) is 5.82 Å². The van der Waals surface area contributed by atoms with Crippen molar-refractivity contribution in [3.8, 4) is 5.75 Å². The molecule has 0 atom stereocenters. The van der Waals surface area contributed by atoms with Crippen LogP contribution in [-0.2, 0) is 6.61 Å². The smallest absolute Gasteiger partial charge is 0.200 e. The fourth-order valence-electron chi connectivity index (χ4n) is 1.54. The van der Waals surface area contributed by atoms with E-state index in [1.807, 2.05) is 0 Å². The molecule has 21 heavy (non-hydrogen) atoms. The van der Waals surface area contributed by atoms with Gasteiger partial charge >= 0.3 is 0 Å². The molecule has 0 bridgehead atoms. The Labute approximate surface area is 125 Å². The first kappa shape index (κ1) is 15.9. The second kappa shape index (κ2) is 6.07. The lowest BCUT2D eigenvalue weighted by Crippen LogP contribution is -2.09. The first-order valence-corrected chi connectivity index (χ1v) is 6.16. The van der Waals surface area contributed by atoms with Crippen molar-refractivity contribution in [2.75, 3.05) is 0 Å². The summed E-state index contributed by atoms with van der Waals surface area (Å²) in [5.41, 5.74) is -1.08. The third-order valence-electron chi connectivity index (χ3n) is 2.52. The zero-order chi connectivity index (χ0) is 15.7. The van der Waals surface area contributed by atoms with Crippen LogP contribution in [0.15, 0.2) is 18.2 Å². The lowest BCUT2D eigenvalue weighted by atomic mass is 10.2. The molecule has 112 valence electrons. The second-order valence-electron chi connectivity index (χ2n) is 3.94. The van der Waals surface area contributed by atoms with E-state index < -0.39 is 41.3 Å². The van der Waals surface area contributed by atoms with Crippen LogP contribution in [0.2, 0.25) is 10.0 Å². The topological polar surface area (TPSA) is 9.23 Å². The predicted octanol–water partition coefficient (Wildman–Crippen LogP) is 5.27. The Hall–Kier alpha value is -1.53. The molecule has 0 saturated carbocycles. The van der Waals surface area contributed by atoms with Gasteiger partial charge in [-0.05, 0) is 18.2 Å². The molecular formula is C13H5Cl2F5O. The van der Waals surface area contributed by atoms with Crippen molar-refractivity contribution in [3.05, 3.63) is 62.9 Å². The largest absolute Gasteiger partial charge is 0.489 e. The van der Waals surface area contributed by atoms with Crippen molar-refractivity contribution in [2.24, 2.45) is 0 Å². The van der Waals surface area contributed by atoms with Crippen LogP contribution in [0, 0.1) is 29.1 Å². The number of hydrogen-bond donors (Lipinski definition) is 0. The number of halogens is 7. The Balaban J connectivity index is 2.32. The van der Waals surface area contributed by atoms with Gasteiger partial charge in [0.05, 0.1) is 5.56 Å². The van der Waals surface area contributed by atoms with E-state index in [4.69, 9.17) is 27.9 Å². The molecule has 0 aliphatic carbocycles. The van der Waals surface area contributed by atoms with E-state index in [1.54, 1.807) is 0 Å². The molecule has 0 heterocycles. The third kappa shape index (κ3) is 3.22. The maximum Gasteiger partial charge on any atom is 0.200 e. The third-order valence-corrected chi connectivity index (χ3v) is 2.96. The summed E-state index contributed by atoms with van der Waals surface area (Å²) in [6, 6.07) is 3.94. The van der Waals surface area contributed by atoms with Crippen molar-refractivity contribution >= 4 is 23.2 Å². The van der Waals surface area contributed by atoms with Crippen LogP contribution in [0.25, 0.3) is 0 Å². The molecule has 0 saturated heterocycles. The monoisotopic (exact) mass is 342 g/mol. The molecule has 0 aromatic heterocycles. The summed E-state index contributed by atoms with van der Waals surface area (Å²) in [4.78, 5) is 0. The summed E-state index contributed by atoms with van der Waals surface area (Å²) in [6.45, 7) is -0.873. The van der Waals surface area contributed by atoms with E-state index in [0.29, 0.717) is 0 Å². The molecule has 2 aromatic carbocycles. The van der Waals surface area contributed by atoms with Crippen LogP contribution in [0.1, 0.15) is 5.56 Å². The van der Waals surface area contributed by atoms with Gasteiger partial charge in [-0.15, -0.1) is 0 Å². The number of hydrogen-bond acceptors (Lipinski definition) is 1. The molecule has 0 aliphatic rings. The van der Waals surface area contributed by atoms with E-state index in [0.717, 1.165) is 0 Å². The minimum atomic E-state index is -2.22. The molecule has 8 heteroatoms. The maximum atomic E-state index is 13.4. The van der Waals surface area contributed by atoms with Gasteiger partial charge in [0.25, 0.3) is 0 Å². The minimum Gasteiger partial charge on any atom is -0.489 e. The van der Waals surface area contributed by atoms with Crippen LogP contribution < -0.4 is 4.74 Å². The molecule has 0 fully saturated rings. The Kier molecular flexibility index (Phi) is 4.58. The van der Waals surface area contributed by atoms with Gasteiger partial charge < -0.3 is 4.74 Å². The Bertz CT molecular complexity index is 656. The molecule has 0 unspecified atom stereocenters. The number of benzene rings is 2. The van der Waals surface area contributed by atoms with Gasteiger partial charge in [0.1, 0.15) is 12.4 Å². The normalized spacial score (nSPS) is 10.8. The predicted molar refractivity (Wildman–Crippen MR) is 67.0 cm³/mol. The number of rotatable bonds is 3. The first-order valence-electron chi connectivity index (χ1n) is 5.40. The van der Waals surface area contributed by atoms with Gasteiger partial charge in [0.15, 0.2) is 23.3 Å². The minimum absolute atomic E-state index is 0.0245. The second-order valence-corrected chi connectivity index (χ2v) is 4.82. The average molecular weight is 343 g/mol. The number of ether oxygens (including phenoxy) is 1. The Morgan fingerprint density at radius 1 is 0.714 bits per heavy atom.